The molecule has 2 aliphatic heterocycles. The Balaban J connectivity index is 1.19. The summed E-state index contributed by atoms with van der Waals surface area (Å²) in [4.78, 5) is 5.23. The second-order valence-electron chi connectivity index (χ2n) is 24.2. The van der Waals surface area contributed by atoms with Gasteiger partial charge in [0.15, 0.2) is 0 Å². The predicted molar refractivity (Wildman–Crippen MR) is 285 cm³/mol. The SMILES string of the molecule is CC(C)(C)c1ccc2c(c1)B1c3ccc(C(C)(C)C)cc3N(c3ccc4c(c3)C(C)(C)CCC4(C)C)c3cc(C(C)(C)C)cc(c31)N2c1ccc(-c2cccc3c2oc2ccccc23)cc1. The Labute approximate surface area is 393 Å². The maximum atomic E-state index is 6.54. The Kier molecular flexibility index (Phi) is 9.21. The molecule has 0 radical (unpaired) electrons. The van der Waals surface area contributed by atoms with Gasteiger partial charge in [-0.3, -0.25) is 0 Å². The summed E-state index contributed by atoms with van der Waals surface area (Å²) in [6, 6.07) is 51.4. The Morgan fingerprint density at radius 2 is 1.05 bits per heavy atom. The molecular formula is C62H65BN2O. The number of nitrogens with zero attached hydrogens (tertiary/aromatic N) is 2. The summed E-state index contributed by atoms with van der Waals surface area (Å²) in [5.41, 5.74) is 22.6. The normalized spacial score (nSPS) is 16.3. The highest BCUT2D eigenvalue weighted by Crippen LogP contribution is 2.51. The molecule has 0 saturated heterocycles. The molecule has 1 aliphatic carbocycles. The van der Waals surface area contributed by atoms with Gasteiger partial charge in [0.2, 0.25) is 0 Å². The van der Waals surface area contributed by atoms with Crippen molar-refractivity contribution in [2.45, 2.75) is 130 Å². The lowest BCUT2D eigenvalue weighted by molar-refractivity contribution is 0.332. The zero-order valence-electron chi connectivity index (χ0n) is 41.5. The third kappa shape index (κ3) is 6.60. The monoisotopic (exact) mass is 865 g/mol. The molecule has 3 nitrogen and oxygen atoms in total. The van der Waals surface area contributed by atoms with Gasteiger partial charge in [-0.2, -0.15) is 0 Å². The average molecular weight is 865 g/mol. The van der Waals surface area contributed by atoms with Crippen molar-refractivity contribution in [3.63, 3.8) is 0 Å². The number of hydrogen-bond donors (Lipinski definition) is 0. The van der Waals surface area contributed by atoms with Crippen LogP contribution in [0.4, 0.5) is 34.1 Å². The molecule has 3 aliphatic rings. The standard InChI is InChI=1S/C62H65BN2O/c1-58(2,3)39-24-30-51-50(33-39)63-49-29-23-40(59(4,5)6)34-52(49)65(43-27-28-47-48(37-43)62(12,13)32-31-61(47,10)11)54-36-41(60(7,8)9)35-53(56(54)63)64(51)42-25-21-38(22-26-42)44-18-16-19-46-45-17-14-15-20-55(45)66-57(44)46/h14-30,33-37H,31-32H2,1-13H3. The molecule has 66 heavy (non-hydrogen) atoms. The molecule has 11 rings (SSSR count). The van der Waals surface area contributed by atoms with Crippen LogP contribution in [0, 0.1) is 0 Å². The van der Waals surface area contributed by atoms with E-state index in [1.54, 1.807) is 0 Å². The van der Waals surface area contributed by atoms with Gasteiger partial charge in [0.1, 0.15) is 11.2 Å². The highest BCUT2D eigenvalue weighted by Gasteiger charge is 2.46. The van der Waals surface area contributed by atoms with Gasteiger partial charge in [-0.05, 0) is 144 Å². The number of fused-ring (bicyclic) bond motifs is 8. The lowest BCUT2D eigenvalue weighted by Crippen LogP contribution is -2.61. The minimum absolute atomic E-state index is 0.0238. The summed E-state index contributed by atoms with van der Waals surface area (Å²) >= 11 is 0. The first-order valence-electron chi connectivity index (χ1n) is 24.3. The number of benzene rings is 7. The van der Waals surface area contributed by atoms with Crippen LogP contribution in [-0.4, -0.2) is 6.71 Å². The first-order chi connectivity index (χ1) is 31.1. The van der Waals surface area contributed by atoms with Crippen LogP contribution in [0.15, 0.2) is 138 Å². The zero-order chi connectivity index (χ0) is 46.5. The van der Waals surface area contributed by atoms with Crippen LogP contribution in [0.25, 0.3) is 33.1 Å². The molecule has 0 bridgehead atoms. The molecule has 8 aromatic rings. The lowest BCUT2D eigenvalue weighted by Gasteiger charge is -2.46. The number of rotatable bonds is 3. The van der Waals surface area contributed by atoms with E-state index < -0.39 is 0 Å². The fraction of sp³-hybridized carbons (Fsp3) is 0.323. The molecule has 0 fully saturated rings. The Hall–Kier alpha value is -6.00. The number of furan rings is 1. The molecule has 4 heteroatoms. The van der Waals surface area contributed by atoms with Gasteiger partial charge in [0, 0.05) is 50.5 Å². The van der Waals surface area contributed by atoms with Crippen molar-refractivity contribution < 1.29 is 4.42 Å². The molecule has 0 spiro atoms. The molecule has 0 saturated carbocycles. The van der Waals surface area contributed by atoms with Crippen molar-refractivity contribution in [2.75, 3.05) is 9.80 Å². The second-order valence-corrected chi connectivity index (χ2v) is 24.2. The van der Waals surface area contributed by atoms with Crippen LogP contribution in [0.1, 0.15) is 131 Å². The van der Waals surface area contributed by atoms with E-state index in [1.807, 2.05) is 6.07 Å². The quantitative estimate of drug-likeness (QED) is 0.165. The van der Waals surface area contributed by atoms with E-state index in [1.165, 1.54) is 85.5 Å². The molecule has 0 atom stereocenters. The van der Waals surface area contributed by atoms with Gasteiger partial charge in [-0.15, -0.1) is 0 Å². The fourth-order valence-corrected chi connectivity index (χ4v) is 11.4. The van der Waals surface area contributed by atoms with Gasteiger partial charge in [-0.1, -0.05) is 169 Å². The topological polar surface area (TPSA) is 19.6 Å². The van der Waals surface area contributed by atoms with Gasteiger partial charge < -0.3 is 14.2 Å². The number of para-hydroxylation sites is 2. The number of anilines is 6. The van der Waals surface area contributed by atoms with Crippen molar-refractivity contribution in [1.29, 1.82) is 0 Å². The molecule has 0 amide bonds. The third-order valence-corrected chi connectivity index (χ3v) is 15.6. The highest BCUT2D eigenvalue weighted by atomic mass is 16.3. The minimum Gasteiger partial charge on any atom is -0.455 e. The maximum Gasteiger partial charge on any atom is 0.252 e. The summed E-state index contributed by atoms with van der Waals surface area (Å²) in [5, 5.41) is 2.30. The van der Waals surface area contributed by atoms with Crippen molar-refractivity contribution in [2.24, 2.45) is 0 Å². The van der Waals surface area contributed by atoms with E-state index in [4.69, 9.17) is 4.42 Å². The molecule has 7 aromatic carbocycles. The smallest absolute Gasteiger partial charge is 0.252 e. The summed E-state index contributed by atoms with van der Waals surface area (Å²) in [6.45, 7) is 31.0. The van der Waals surface area contributed by atoms with Crippen LogP contribution in [0.3, 0.4) is 0 Å². The van der Waals surface area contributed by atoms with Gasteiger partial charge in [0.05, 0.1) is 0 Å². The van der Waals surface area contributed by atoms with Gasteiger partial charge >= 0.3 is 0 Å². The molecular weight excluding hydrogens is 800 g/mol. The Bertz CT molecular complexity index is 3270. The highest BCUT2D eigenvalue weighted by molar-refractivity contribution is 7.00. The van der Waals surface area contributed by atoms with E-state index in [-0.39, 0.29) is 33.8 Å². The zero-order valence-corrected chi connectivity index (χ0v) is 41.5. The molecule has 3 heterocycles. The van der Waals surface area contributed by atoms with Crippen molar-refractivity contribution in [3.05, 3.63) is 161 Å². The average Bonchev–Trinajstić information content (AvgIpc) is 3.65. The van der Waals surface area contributed by atoms with Crippen LogP contribution in [-0.2, 0) is 27.1 Å². The van der Waals surface area contributed by atoms with Crippen LogP contribution in [0.5, 0.6) is 0 Å². The summed E-state index contributed by atoms with van der Waals surface area (Å²) < 4.78 is 6.54. The van der Waals surface area contributed by atoms with Crippen LogP contribution in [0.2, 0.25) is 0 Å². The van der Waals surface area contributed by atoms with E-state index in [0.29, 0.717) is 0 Å². The first kappa shape index (κ1) is 42.6. The predicted octanol–water partition coefficient (Wildman–Crippen LogP) is 15.6. The minimum atomic E-state index is -0.112. The third-order valence-electron chi connectivity index (χ3n) is 15.6. The fourth-order valence-electron chi connectivity index (χ4n) is 11.4. The van der Waals surface area contributed by atoms with Crippen molar-refractivity contribution in [3.8, 4) is 11.1 Å². The van der Waals surface area contributed by atoms with Crippen LogP contribution >= 0.6 is 0 Å². The molecule has 332 valence electrons. The Morgan fingerprint density at radius 3 is 1.73 bits per heavy atom. The molecule has 0 unspecified atom stereocenters. The molecule has 0 N–H and O–H groups in total. The summed E-state index contributed by atoms with van der Waals surface area (Å²) in [5.74, 6) is 0. The molecule has 1 aromatic heterocycles. The van der Waals surface area contributed by atoms with E-state index >= 15 is 0 Å². The van der Waals surface area contributed by atoms with E-state index in [0.717, 1.165) is 38.8 Å². The van der Waals surface area contributed by atoms with Crippen molar-refractivity contribution >= 4 is 79.2 Å². The van der Waals surface area contributed by atoms with E-state index in [9.17, 15) is 0 Å². The summed E-state index contributed by atoms with van der Waals surface area (Å²) in [6.07, 6.45) is 2.37. The van der Waals surface area contributed by atoms with Gasteiger partial charge in [0.25, 0.3) is 6.71 Å². The summed E-state index contributed by atoms with van der Waals surface area (Å²) in [7, 11) is 0. The second kappa shape index (κ2) is 14.3. The lowest BCUT2D eigenvalue weighted by atomic mass is 9.33. The van der Waals surface area contributed by atoms with Crippen molar-refractivity contribution in [1.82, 2.24) is 0 Å². The van der Waals surface area contributed by atoms with Crippen LogP contribution < -0.4 is 26.2 Å². The maximum absolute atomic E-state index is 6.54. The van der Waals surface area contributed by atoms with E-state index in [2.05, 4.69) is 227 Å². The number of hydrogen-bond acceptors (Lipinski definition) is 3. The van der Waals surface area contributed by atoms with Gasteiger partial charge in [-0.25, -0.2) is 0 Å². The largest absolute Gasteiger partial charge is 0.455 e. The first-order valence-corrected chi connectivity index (χ1v) is 24.3. The Morgan fingerprint density at radius 1 is 0.470 bits per heavy atom.